The van der Waals surface area contributed by atoms with Gasteiger partial charge in [-0.25, -0.2) is 4.79 Å². The molecular formula is C17H12N2O6. The normalized spacial score (nSPS) is 10.6. The monoisotopic (exact) mass is 340 g/mol. The molecule has 0 saturated heterocycles. The van der Waals surface area contributed by atoms with Crippen molar-refractivity contribution < 1.29 is 19.2 Å². The molecule has 0 unspecified atom stereocenters. The number of fused-ring (bicyclic) bond motifs is 1. The molecule has 0 aliphatic carbocycles. The van der Waals surface area contributed by atoms with Gasteiger partial charge in [-0.05, 0) is 17.7 Å². The summed E-state index contributed by atoms with van der Waals surface area (Å²) < 4.78 is 5.11. The van der Waals surface area contributed by atoms with Crippen LogP contribution in [0.5, 0.6) is 0 Å². The van der Waals surface area contributed by atoms with E-state index < -0.39 is 27.8 Å². The van der Waals surface area contributed by atoms with E-state index in [0.717, 1.165) is 11.6 Å². The van der Waals surface area contributed by atoms with Crippen molar-refractivity contribution in [2.45, 2.75) is 6.54 Å². The van der Waals surface area contributed by atoms with Gasteiger partial charge in [-0.15, -0.1) is 0 Å². The average Bonchev–Trinajstić information content (AvgIpc) is 2.59. The standard InChI is InChI=1S/C17H12N2O6/c20-13-8-14(17(21)22)25-16-11(13)6-7-12(15(16)19(23)24)18-9-10-4-2-1-3-5-10/h1-8,18H,9H2,(H,21,22). The molecule has 0 aliphatic rings. The first-order chi connectivity index (χ1) is 12.0. The Labute approximate surface area is 140 Å². The van der Waals surface area contributed by atoms with Gasteiger partial charge in [-0.3, -0.25) is 14.9 Å². The lowest BCUT2D eigenvalue weighted by Crippen LogP contribution is -2.09. The van der Waals surface area contributed by atoms with Crippen molar-refractivity contribution in [2.24, 2.45) is 0 Å². The van der Waals surface area contributed by atoms with Crippen molar-refractivity contribution in [1.29, 1.82) is 0 Å². The van der Waals surface area contributed by atoms with Gasteiger partial charge in [0.25, 0.3) is 0 Å². The van der Waals surface area contributed by atoms with Gasteiger partial charge in [-0.2, -0.15) is 0 Å². The molecule has 0 bridgehead atoms. The predicted octanol–water partition coefficient (Wildman–Crippen LogP) is 3.01. The summed E-state index contributed by atoms with van der Waals surface area (Å²) in [6.07, 6.45) is 0. The van der Waals surface area contributed by atoms with Crippen molar-refractivity contribution >= 4 is 28.3 Å². The van der Waals surface area contributed by atoms with Crippen LogP contribution >= 0.6 is 0 Å². The molecule has 0 fully saturated rings. The Kier molecular flexibility index (Phi) is 4.17. The predicted molar refractivity (Wildman–Crippen MR) is 89.9 cm³/mol. The summed E-state index contributed by atoms with van der Waals surface area (Å²) >= 11 is 0. The minimum absolute atomic E-state index is 0.0537. The van der Waals surface area contributed by atoms with Crippen LogP contribution in [0, 0.1) is 10.1 Å². The summed E-state index contributed by atoms with van der Waals surface area (Å²) in [6, 6.07) is 12.8. The smallest absolute Gasteiger partial charge is 0.371 e. The van der Waals surface area contributed by atoms with E-state index in [1.165, 1.54) is 12.1 Å². The number of hydrogen-bond donors (Lipinski definition) is 2. The quantitative estimate of drug-likeness (QED) is 0.540. The van der Waals surface area contributed by atoms with E-state index in [1.54, 1.807) is 0 Å². The number of aromatic carboxylic acids is 1. The first-order valence-electron chi connectivity index (χ1n) is 7.23. The molecule has 0 saturated carbocycles. The van der Waals surface area contributed by atoms with Gasteiger partial charge in [0, 0.05) is 12.6 Å². The maximum Gasteiger partial charge on any atom is 0.371 e. The van der Waals surface area contributed by atoms with Gasteiger partial charge in [0.05, 0.1) is 10.3 Å². The molecule has 8 heteroatoms. The summed E-state index contributed by atoms with van der Waals surface area (Å²) in [5, 5.41) is 23.4. The van der Waals surface area contributed by atoms with Gasteiger partial charge < -0.3 is 14.8 Å². The molecule has 2 N–H and O–H groups in total. The Morgan fingerprint density at radius 2 is 1.92 bits per heavy atom. The molecule has 0 amide bonds. The number of carboxylic acid groups (broad SMARTS) is 1. The number of rotatable bonds is 5. The fourth-order valence-electron chi connectivity index (χ4n) is 2.43. The minimum Gasteiger partial charge on any atom is -0.475 e. The highest BCUT2D eigenvalue weighted by Crippen LogP contribution is 2.33. The second-order valence-corrected chi connectivity index (χ2v) is 5.21. The van der Waals surface area contributed by atoms with Crippen molar-refractivity contribution in [3.05, 3.63) is 80.2 Å². The van der Waals surface area contributed by atoms with E-state index >= 15 is 0 Å². The van der Waals surface area contributed by atoms with Crippen molar-refractivity contribution in [3.8, 4) is 0 Å². The lowest BCUT2D eigenvalue weighted by atomic mass is 10.1. The second-order valence-electron chi connectivity index (χ2n) is 5.21. The molecule has 0 radical (unpaired) electrons. The molecule has 3 rings (SSSR count). The molecule has 1 heterocycles. The second kappa shape index (κ2) is 6.44. The Balaban J connectivity index is 2.12. The highest BCUT2D eigenvalue weighted by molar-refractivity contribution is 5.94. The average molecular weight is 340 g/mol. The van der Waals surface area contributed by atoms with Crippen LogP contribution in [-0.4, -0.2) is 16.0 Å². The van der Waals surface area contributed by atoms with E-state index in [4.69, 9.17) is 9.52 Å². The maximum atomic E-state index is 12.0. The number of carbonyl (C=O) groups is 1. The Morgan fingerprint density at radius 1 is 1.20 bits per heavy atom. The topological polar surface area (TPSA) is 123 Å². The largest absolute Gasteiger partial charge is 0.475 e. The number of nitrogens with zero attached hydrogens (tertiary/aromatic N) is 1. The van der Waals surface area contributed by atoms with Crippen molar-refractivity contribution in [1.82, 2.24) is 0 Å². The molecule has 2 aromatic carbocycles. The Morgan fingerprint density at radius 3 is 2.56 bits per heavy atom. The fraction of sp³-hybridized carbons (Fsp3) is 0.0588. The molecule has 0 atom stereocenters. The zero-order valence-corrected chi connectivity index (χ0v) is 12.8. The Hall–Kier alpha value is -3.68. The Bertz CT molecular complexity index is 1030. The molecule has 1 aromatic heterocycles. The van der Waals surface area contributed by atoms with Crippen LogP contribution < -0.4 is 10.7 Å². The molecule has 126 valence electrons. The van der Waals surface area contributed by atoms with Crippen molar-refractivity contribution in [2.75, 3.05) is 5.32 Å². The SMILES string of the molecule is O=C(O)c1cc(=O)c2ccc(NCc3ccccc3)c([N+](=O)[O-])c2o1. The third-order valence-corrected chi connectivity index (χ3v) is 3.59. The van der Waals surface area contributed by atoms with Crippen molar-refractivity contribution in [3.63, 3.8) is 0 Å². The summed E-state index contributed by atoms with van der Waals surface area (Å²) in [7, 11) is 0. The van der Waals surface area contributed by atoms with Gasteiger partial charge in [0.2, 0.25) is 11.3 Å². The number of nitro benzene ring substituents is 1. The number of nitro groups is 1. The third kappa shape index (κ3) is 3.18. The van der Waals surface area contributed by atoms with Crippen LogP contribution in [0.3, 0.4) is 0 Å². The molecule has 0 spiro atoms. The van der Waals surface area contributed by atoms with Crippen LogP contribution in [-0.2, 0) is 6.54 Å². The van der Waals surface area contributed by atoms with Gasteiger partial charge in [0.15, 0.2) is 5.43 Å². The number of carboxylic acids is 1. The van der Waals surface area contributed by atoms with Gasteiger partial charge in [-0.1, -0.05) is 30.3 Å². The molecule has 25 heavy (non-hydrogen) atoms. The number of anilines is 1. The zero-order chi connectivity index (χ0) is 18.0. The number of nitrogens with one attached hydrogen (secondary N) is 1. The fourth-order valence-corrected chi connectivity index (χ4v) is 2.43. The highest BCUT2D eigenvalue weighted by atomic mass is 16.6. The third-order valence-electron chi connectivity index (χ3n) is 3.59. The first-order valence-corrected chi connectivity index (χ1v) is 7.23. The zero-order valence-electron chi connectivity index (χ0n) is 12.8. The maximum absolute atomic E-state index is 12.0. The van der Waals surface area contributed by atoms with Crippen LogP contribution in [0.1, 0.15) is 16.1 Å². The first kappa shape index (κ1) is 16.2. The van der Waals surface area contributed by atoms with E-state index in [2.05, 4.69) is 5.32 Å². The van der Waals surface area contributed by atoms with Crippen LogP contribution in [0.4, 0.5) is 11.4 Å². The summed E-state index contributed by atoms with van der Waals surface area (Å²) in [5.74, 6) is -2.13. The molecule has 3 aromatic rings. The number of hydrogen-bond acceptors (Lipinski definition) is 6. The van der Waals surface area contributed by atoms with E-state index in [0.29, 0.717) is 6.54 Å². The molecular weight excluding hydrogens is 328 g/mol. The van der Waals surface area contributed by atoms with Crippen LogP contribution in [0.15, 0.2) is 57.7 Å². The molecule has 8 nitrogen and oxygen atoms in total. The van der Waals surface area contributed by atoms with Gasteiger partial charge >= 0.3 is 11.7 Å². The van der Waals surface area contributed by atoms with E-state index in [-0.39, 0.29) is 16.7 Å². The highest BCUT2D eigenvalue weighted by Gasteiger charge is 2.24. The summed E-state index contributed by atoms with van der Waals surface area (Å²) in [6.45, 7) is 0.316. The van der Waals surface area contributed by atoms with Gasteiger partial charge in [0.1, 0.15) is 5.69 Å². The summed E-state index contributed by atoms with van der Waals surface area (Å²) in [5.41, 5.74) is -0.470. The minimum atomic E-state index is -1.48. The number of benzene rings is 2. The lowest BCUT2D eigenvalue weighted by molar-refractivity contribution is -0.382. The summed E-state index contributed by atoms with van der Waals surface area (Å²) in [4.78, 5) is 33.9. The van der Waals surface area contributed by atoms with E-state index in [9.17, 15) is 19.7 Å². The lowest BCUT2D eigenvalue weighted by Gasteiger charge is -2.09. The van der Waals surface area contributed by atoms with Crippen LogP contribution in [0.25, 0.3) is 11.0 Å². The molecule has 0 aliphatic heterocycles. The van der Waals surface area contributed by atoms with Crippen LogP contribution in [0.2, 0.25) is 0 Å². The van der Waals surface area contributed by atoms with E-state index in [1.807, 2.05) is 30.3 Å².